The first-order chi connectivity index (χ1) is 14.2. The number of aromatic amines is 1. The fourth-order valence-electron chi connectivity index (χ4n) is 4.64. The topological polar surface area (TPSA) is 44.9 Å². The van der Waals surface area contributed by atoms with E-state index in [4.69, 9.17) is 11.6 Å². The van der Waals surface area contributed by atoms with Gasteiger partial charge in [-0.2, -0.15) is 0 Å². The number of carbonyl (C=O) groups excluding carboxylic acids is 1. The van der Waals surface area contributed by atoms with Crippen molar-refractivity contribution in [1.29, 1.82) is 0 Å². The number of benzene rings is 2. The predicted molar refractivity (Wildman–Crippen MR) is 121 cm³/mol. The Bertz CT molecular complexity index is 970. The van der Waals surface area contributed by atoms with Crippen molar-refractivity contribution >= 4 is 28.4 Å². The van der Waals surface area contributed by atoms with Gasteiger partial charge in [-0.1, -0.05) is 68.1 Å². The molecule has 1 atom stereocenters. The first-order valence-corrected chi connectivity index (χ1v) is 11.2. The van der Waals surface area contributed by atoms with E-state index in [2.05, 4.69) is 41.6 Å². The van der Waals surface area contributed by atoms with Crippen LogP contribution in [0.1, 0.15) is 68.1 Å². The number of aryl methyl sites for hydroxylation is 1. The zero-order valence-electron chi connectivity index (χ0n) is 17.0. The Kier molecular flexibility index (Phi) is 6.25. The number of halogens is 1. The Morgan fingerprint density at radius 2 is 1.90 bits per heavy atom. The van der Waals surface area contributed by atoms with Gasteiger partial charge in [0.05, 0.1) is 0 Å². The summed E-state index contributed by atoms with van der Waals surface area (Å²) in [5.74, 6) is 0.134. The number of fused-ring (bicyclic) bond motifs is 1. The Morgan fingerprint density at radius 1 is 1.14 bits per heavy atom. The first-order valence-electron chi connectivity index (χ1n) is 10.8. The number of hydrogen-bond acceptors (Lipinski definition) is 1. The summed E-state index contributed by atoms with van der Waals surface area (Å²) in [6.07, 6.45) is 9.43. The van der Waals surface area contributed by atoms with Gasteiger partial charge in [0.2, 0.25) is 5.91 Å². The van der Waals surface area contributed by atoms with Crippen molar-refractivity contribution in [2.75, 3.05) is 0 Å². The molecule has 152 valence electrons. The van der Waals surface area contributed by atoms with Gasteiger partial charge in [0, 0.05) is 40.5 Å². The second-order valence-corrected chi connectivity index (χ2v) is 8.58. The van der Waals surface area contributed by atoms with Crippen LogP contribution in [0.3, 0.4) is 0 Å². The number of carbonyl (C=O) groups is 1. The molecule has 3 nitrogen and oxygen atoms in total. The lowest BCUT2D eigenvalue weighted by Crippen LogP contribution is -2.36. The quantitative estimate of drug-likeness (QED) is 0.490. The van der Waals surface area contributed by atoms with Gasteiger partial charge < -0.3 is 10.3 Å². The summed E-state index contributed by atoms with van der Waals surface area (Å²) in [6, 6.07) is 14.7. The van der Waals surface area contributed by atoms with Crippen LogP contribution < -0.4 is 5.32 Å². The second-order valence-electron chi connectivity index (χ2n) is 8.15. The summed E-state index contributed by atoms with van der Waals surface area (Å²) < 4.78 is 0. The molecule has 0 spiro atoms. The Labute approximate surface area is 177 Å². The molecule has 1 aromatic heterocycles. The van der Waals surface area contributed by atoms with Gasteiger partial charge in [-0.3, -0.25) is 4.79 Å². The van der Waals surface area contributed by atoms with Crippen molar-refractivity contribution in [3.63, 3.8) is 0 Å². The summed E-state index contributed by atoms with van der Waals surface area (Å²) in [7, 11) is 0. The van der Waals surface area contributed by atoms with Crippen molar-refractivity contribution in [1.82, 2.24) is 10.3 Å². The molecular weight excluding hydrogens is 380 g/mol. The lowest BCUT2D eigenvalue weighted by Gasteiger charge is -2.24. The molecule has 1 amide bonds. The summed E-state index contributed by atoms with van der Waals surface area (Å²) in [5, 5.41) is 5.21. The zero-order chi connectivity index (χ0) is 20.2. The minimum Gasteiger partial charge on any atom is -0.361 e. The smallest absolute Gasteiger partial charge is 0.221 e. The van der Waals surface area contributed by atoms with E-state index in [1.807, 2.05) is 24.3 Å². The van der Waals surface area contributed by atoms with Gasteiger partial charge in [0.1, 0.15) is 0 Å². The van der Waals surface area contributed by atoms with E-state index in [0.717, 1.165) is 24.8 Å². The van der Waals surface area contributed by atoms with E-state index >= 15 is 0 Å². The van der Waals surface area contributed by atoms with E-state index in [-0.39, 0.29) is 11.8 Å². The van der Waals surface area contributed by atoms with Gasteiger partial charge in [0.15, 0.2) is 0 Å². The summed E-state index contributed by atoms with van der Waals surface area (Å²) >= 11 is 6.12. The molecule has 1 aliphatic carbocycles. The summed E-state index contributed by atoms with van der Waals surface area (Å²) in [6.45, 7) is 2.17. The normalized spacial score (nSPS) is 16.1. The second kappa shape index (κ2) is 9.04. The molecule has 1 heterocycles. The van der Waals surface area contributed by atoms with Crippen molar-refractivity contribution in [2.45, 2.75) is 63.8 Å². The molecule has 3 aromatic rings. The van der Waals surface area contributed by atoms with Gasteiger partial charge in [-0.25, -0.2) is 0 Å². The number of para-hydroxylation sites is 1. The molecule has 2 aromatic carbocycles. The molecule has 29 heavy (non-hydrogen) atoms. The number of nitrogens with one attached hydrogen (secondary N) is 2. The molecule has 1 fully saturated rings. The van der Waals surface area contributed by atoms with E-state index in [1.165, 1.54) is 41.3 Å². The third kappa shape index (κ3) is 4.51. The van der Waals surface area contributed by atoms with E-state index in [1.54, 1.807) is 0 Å². The van der Waals surface area contributed by atoms with E-state index in [0.29, 0.717) is 17.5 Å². The number of rotatable bonds is 6. The average Bonchev–Trinajstić information content (AvgIpc) is 3.17. The van der Waals surface area contributed by atoms with Gasteiger partial charge >= 0.3 is 0 Å². The molecule has 2 N–H and O–H groups in total. The molecule has 1 aliphatic rings. The molecule has 0 aliphatic heterocycles. The van der Waals surface area contributed by atoms with Crippen molar-refractivity contribution in [3.8, 4) is 0 Å². The largest absolute Gasteiger partial charge is 0.361 e. The number of aromatic nitrogens is 1. The molecular formula is C25H29ClN2O. The maximum atomic E-state index is 13.0. The average molecular weight is 409 g/mol. The molecule has 0 saturated heterocycles. The zero-order valence-corrected chi connectivity index (χ0v) is 17.8. The van der Waals surface area contributed by atoms with Crippen LogP contribution in [0.4, 0.5) is 0 Å². The maximum Gasteiger partial charge on any atom is 0.221 e. The van der Waals surface area contributed by atoms with Crippen LogP contribution in [-0.2, 0) is 11.2 Å². The van der Waals surface area contributed by atoms with Crippen LogP contribution >= 0.6 is 11.6 Å². The van der Waals surface area contributed by atoms with Crippen LogP contribution in [0.25, 0.3) is 10.9 Å². The molecule has 1 unspecified atom stereocenters. The third-order valence-electron chi connectivity index (χ3n) is 6.22. The third-order valence-corrected chi connectivity index (χ3v) is 6.47. The number of H-pyrrole nitrogens is 1. The van der Waals surface area contributed by atoms with Gasteiger partial charge in [-0.15, -0.1) is 0 Å². The monoisotopic (exact) mass is 408 g/mol. The number of amides is 1. The minimum absolute atomic E-state index is 0.00304. The SMILES string of the molecule is CCc1cccc2c(C(CC(=O)NC3CCCCC3)c3ccc(Cl)cc3)c[nH]c12. The fraction of sp³-hybridized carbons (Fsp3) is 0.400. The predicted octanol–water partition coefficient (Wildman–Crippen LogP) is 6.35. The lowest BCUT2D eigenvalue weighted by molar-refractivity contribution is -0.122. The minimum atomic E-state index is -0.00304. The first kappa shape index (κ1) is 20.0. The van der Waals surface area contributed by atoms with E-state index in [9.17, 15) is 4.79 Å². The van der Waals surface area contributed by atoms with Crippen molar-refractivity contribution in [2.24, 2.45) is 0 Å². The van der Waals surface area contributed by atoms with Crippen molar-refractivity contribution < 1.29 is 4.79 Å². The lowest BCUT2D eigenvalue weighted by atomic mass is 9.87. The standard InChI is InChI=1S/C25H29ClN2O/c1-2-17-7-6-10-21-23(16-27-25(17)21)22(18-11-13-19(26)14-12-18)15-24(29)28-20-8-4-3-5-9-20/h6-7,10-14,16,20,22,27H,2-5,8-9,15H2,1H3,(H,28,29). The Balaban J connectivity index is 1.65. The highest BCUT2D eigenvalue weighted by Gasteiger charge is 2.24. The molecule has 1 saturated carbocycles. The summed E-state index contributed by atoms with van der Waals surface area (Å²) in [5.41, 5.74) is 4.78. The number of hydrogen-bond donors (Lipinski definition) is 2. The summed E-state index contributed by atoms with van der Waals surface area (Å²) in [4.78, 5) is 16.4. The van der Waals surface area contributed by atoms with Gasteiger partial charge in [0.25, 0.3) is 0 Å². The van der Waals surface area contributed by atoms with E-state index < -0.39 is 0 Å². The molecule has 4 heteroatoms. The van der Waals surface area contributed by atoms with Crippen LogP contribution in [0, 0.1) is 0 Å². The molecule has 0 bridgehead atoms. The van der Waals surface area contributed by atoms with Gasteiger partial charge in [-0.05, 0) is 48.1 Å². The van der Waals surface area contributed by atoms with Crippen LogP contribution in [0.2, 0.25) is 5.02 Å². The fourth-order valence-corrected chi connectivity index (χ4v) is 4.77. The molecule has 4 rings (SSSR count). The van der Waals surface area contributed by atoms with Crippen molar-refractivity contribution in [3.05, 3.63) is 70.4 Å². The molecule has 0 radical (unpaired) electrons. The Morgan fingerprint density at radius 3 is 2.62 bits per heavy atom. The maximum absolute atomic E-state index is 13.0. The highest BCUT2D eigenvalue weighted by molar-refractivity contribution is 6.30. The van der Waals surface area contributed by atoms with Crippen LogP contribution in [0.5, 0.6) is 0 Å². The highest BCUT2D eigenvalue weighted by atomic mass is 35.5. The van der Waals surface area contributed by atoms with Crippen LogP contribution in [-0.4, -0.2) is 16.9 Å². The highest BCUT2D eigenvalue weighted by Crippen LogP contribution is 2.35. The Hall–Kier alpha value is -2.26. The van der Waals surface area contributed by atoms with Crippen LogP contribution in [0.15, 0.2) is 48.7 Å².